The molecule has 1 atom stereocenters. The van der Waals surface area contributed by atoms with Crippen LogP contribution in [0.4, 0.5) is 4.39 Å². The number of carbonyl (C=O) groups is 1. The smallest absolute Gasteiger partial charge is 0.265 e. The monoisotopic (exact) mass is 371 g/mol. The predicted molar refractivity (Wildman–Crippen MR) is 104 cm³/mol. The van der Waals surface area contributed by atoms with Gasteiger partial charge in [0.15, 0.2) is 0 Å². The van der Waals surface area contributed by atoms with Gasteiger partial charge in [0, 0.05) is 18.7 Å². The summed E-state index contributed by atoms with van der Waals surface area (Å²) in [6.45, 7) is 6.19. The molecule has 5 nitrogen and oxygen atoms in total. The number of hydrogen-bond donors (Lipinski definition) is 3. The number of amides is 1. The summed E-state index contributed by atoms with van der Waals surface area (Å²) < 4.78 is 13.7. The van der Waals surface area contributed by atoms with E-state index in [2.05, 4.69) is 28.6 Å². The second kappa shape index (κ2) is 10.0. The Morgan fingerprint density at radius 2 is 2.19 bits per heavy atom. The summed E-state index contributed by atoms with van der Waals surface area (Å²) in [5.41, 5.74) is -0.193. The molecule has 0 aromatic heterocycles. The Morgan fingerprint density at radius 3 is 2.93 bits per heavy atom. The van der Waals surface area contributed by atoms with Crippen molar-refractivity contribution in [1.29, 1.82) is 5.41 Å². The highest BCUT2D eigenvalue weighted by atomic mass is 19.1. The molecule has 0 saturated carbocycles. The Balaban J connectivity index is 1.83. The molecule has 27 heavy (non-hydrogen) atoms. The quantitative estimate of drug-likeness (QED) is 0.531. The van der Waals surface area contributed by atoms with E-state index in [4.69, 9.17) is 5.41 Å². The maximum atomic E-state index is 13.7. The highest BCUT2D eigenvalue weighted by molar-refractivity contribution is 6.25. The fraction of sp³-hybridized carbons (Fsp3) is 0.429. The maximum Gasteiger partial charge on any atom is 0.265 e. The third-order valence-electron chi connectivity index (χ3n) is 4.59. The van der Waals surface area contributed by atoms with E-state index >= 15 is 0 Å². The van der Waals surface area contributed by atoms with Gasteiger partial charge < -0.3 is 20.7 Å². The zero-order valence-electron chi connectivity index (χ0n) is 15.4. The molecule has 0 bridgehead atoms. The third-order valence-corrected chi connectivity index (χ3v) is 4.59. The molecule has 0 radical (unpaired) electrons. The molecule has 144 valence electrons. The van der Waals surface area contributed by atoms with Gasteiger partial charge in [-0.05, 0) is 50.9 Å². The van der Waals surface area contributed by atoms with Crippen LogP contribution in [0, 0.1) is 23.1 Å². The van der Waals surface area contributed by atoms with Crippen molar-refractivity contribution >= 4 is 12.1 Å². The van der Waals surface area contributed by atoms with Crippen molar-refractivity contribution in [3.05, 3.63) is 47.9 Å². The molecule has 1 saturated heterocycles. The van der Waals surface area contributed by atoms with Crippen LogP contribution in [0.25, 0.3) is 0 Å². The lowest BCUT2D eigenvalue weighted by Crippen LogP contribution is -2.30. The topological polar surface area (TPSA) is 76.4 Å². The highest BCUT2D eigenvalue weighted by Gasteiger charge is 2.28. The molecule has 1 unspecified atom stereocenters. The van der Waals surface area contributed by atoms with Crippen LogP contribution >= 0.6 is 0 Å². The lowest BCUT2D eigenvalue weighted by Gasteiger charge is -2.22. The lowest BCUT2D eigenvalue weighted by atomic mass is 9.95. The molecule has 0 aliphatic carbocycles. The van der Waals surface area contributed by atoms with Crippen LogP contribution in [0.15, 0.2) is 36.5 Å². The van der Waals surface area contributed by atoms with Crippen molar-refractivity contribution in [1.82, 2.24) is 10.2 Å². The van der Waals surface area contributed by atoms with Crippen molar-refractivity contribution in [2.45, 2.75) is 37.7 Å². The first kappa shape index (κ1) is 20.8. The Hall–Kier alpha value is -2.49. The minimum absolute atomic E-state index is 0.303. The Kier molecular flexibility index (Phi) is 7.71. The molecule has 1 amide bonds. The normalized spacial score (nSPS) is 20.1. The largest absolute Gasteiger partial charge is 0.378 e. The molecule has 1 heterocycles. The average Bonchev–Trinajstić information content (AvgIpc) is 2.83. The first-order chi connectivity index (χ1) is 12.9. The Bertz CT molecular complexity index is 753. The molecule has 1 aliphatic rings. The Labute approximate surface area is 159 Å². The number of aliphatic hydroxyl groups is 1. The van der Waals surface area contributed by atoms with Crippen LogP contribution in [0.2, 0.25) is 0 Å². The van der Waals surface area contributed by atoms with Gasteiger partial charge in [0.25, 0.3) is 5.91 Å². The minimum Gasteiger partial charge on any atom is -0.378 e. The molecule has 0 spiro atoms. The summed E-state index contributed by atoms with van der Waals surface area (Å²) in [5, 5.41) is 20.2. The van der Waals surface area contributed by atoms with Crippen molar-refractivity contribution in [3.8, 4) is 11.8 Å². The van der Waals surface area contributed by atoms with Crippen molar-refractivity contribution in [2.24, 2.45) is 0 Å². The summed E-state index contributed by atoms with van der Waals surface area (Å²) in [6.07, 6.45) is 4.09. The van der Waals surface area contributed by atoms with Crippen molar-refractivity contribution in [3.63, 3.8) is 0 Å². The highest BCUT2D eigenvalue weighted by Crippen LogP contribution is 2.22. The van der Waals surface area contributed by atoms with E-state index in [9.17, 15) is 14.3 Å². The average molecular weight is 371 g/mol. The zero-order valence-corrected chi connectivity index (χ0v) is 15.4. The molecule has 1 aliphatic heterocycles. The van der Waals surface area contributed by atoms with E-state index in [0.29, 0.717) is 37.1 Å². The van der Waals surface area contributed by atoms with Crippen LogP contribution in [0.3, 0.4) is 0 Å². The number of hydrogen-bond acceptors (Lipinski definition) is 4. The lowest BCUT2D eigenvalue weighted by molar-refractivity contribution is -0.113. The molecule has 1 aromatic rings. The van der Waals surface area contributed by atoms with Gasteiger partial charge in [0.1, 0.15) is 11.4 Å². The zero-order chi connectivity index (χ0) is 19.7. The molecule has 6 heteroatoms. The van der Waals surface area contributed by atoms with Crippen LogP contribution in [0.5, 0.6) is 0 Å². The van der Waals surface area contributed by atoms with Crippen LogP contribution < -0.4 is 5.32 Å². The summed E-state index contributed by atoms with van der Waals surface area (Å²) in [4.78, 5) is 13.4. The molecule has 1 fully saturated rings. The van der Waals surface area contributed by atoms with Crippen LogP contribution in [-0.2, 0) is 4.79 Å². The van der Waals surface area contributed by atoms with Gasteiger partial charge in [-0.1, -0.05) is 30.6 Å². The molecular weight excluding hydrogens is 345 g/mol. The van der Waals surface area contributed by atoms with E-state index in [1.807, 2.05) is 0 Å². The number of rotatable bonds is 6. The van der Waals surface area contributed by atoms with Gasteiger partial charge in [0.2, 0.25) is 0 Å². The number of halogens is 1. The van der Waals surface area contributed by atoms with Gasteiger partial charge in [-0.25, -0.2) is 4.39 Å². The first-order valence-corrected chi connectivity index (χ1v) is 9.13. The third kappa shape index (κ3) is 6.97. The van der Waals surface area contributed by atoms with Gasteiger partial charge >= 0.3 is 0 Å². The number of nitrogens with zero attached hydrogens (tertiary/aromatic N) is 1. The van der Waals surface area contributed by atoms with E-state index in [0.717, 1.165) is 32.1 Å². The Morgan fingerprint density at radius 1 is 1.41 bits per heavy atom. The summed E-state index contributed by atoms with van der Waals surface area (Å²) in [6, 6.07) is 6.31. The maximum absolute atomic E-state index is 13.7. The summed E-state index contributed by atoms with van der Waals surface area (Å²) >= 11 is 0. The number of likely N-dealkylation sites (tertiary alicyclic amines) is 1. The summed E-state index contributed by atoms with van der Waals surface area (Å²) in [7, 11) is 0. The van der Waals surface area contributed by atoms with Crippen molar-refractivity contribution in [2.75, 3.05) is 19.6 Å². The van der Waals surface area contributed by atoms with E-state index in [1.165, 1.54) is 6.07 Å². The number of allylic oxidation sites excluding steroid dienone is 1. The molecule has 1 aromatic carbocycles. The predicted octanol–water partition coefficient (Wildman–Crippen LogP) is 2.45. The van der Waals surface area contributed by atoms with E-state index in [1.54, 1.807) is 18.2 Å². The summed E-state index contributed by atoms with van der Waals surface area (Å²) in [5.74, 6) is 4.82. The fourth-order valence-corrected chi connectivity index (χ4v) is 3.06. The van der Waals surface area contributed by atoms with Gasteiger partial charge in [-0.2, -0.15) is 0 Å². The van der Waals surface area contributed by atoms with Gasteiger partial charge in [-0.3, -0.25) is 4.79 Å². The minimum atomic E-state index is -1.10. The van der Waals surface area contributed by atoms with Crippen LogP contribution in [0.1, 0.15) is 37.7 Å². The number of benzene rings is 1. The second-order valence-electron chi connectivity index (χ2n) is 6.80. The van der Waals surface area contributed by atoms with Crippen molar-refractivity contribution < 1.29 is 14.3 Å². The van der Waals surface area contributed by atoms with Gasteiger partial charge in [0.05, 0.1) is 11.8 Å². The number of nitrogens with one attached hydrogen (secondary N) is 2. The molecular formula is C21H26FN3O2. The molecule has 2 rings (SSSR count). The van der Waals surface area contributed by atoms with E-state index in [-0.39, 0.29) is 5.82 Å². The first-order valence-electron chi connectivity index (χ1n) is 9.13. The van der Waals surface area contributed by atoms with Crippen LogP contribution in [-0.4, -0.2) is 47.4 Å². The fourth-order valence-electron chi connectivity index (χ4n) is 3.06. The standard InChI is InChI=1S/C21H26FN3O2/c1-17(24-20(26)16-23)6-4-13-25-14-5-10-21(27,12-15-25)11-9-18-7-2-3-8-19(18)22/h2-3,7-8,16,23,27H,1,4-6,10,12-15H2,(H,24,26). The number of carbonyl (C=O) groups excluding carboxylic acids is 1. The second-order valence-corrected chi connectivity index (χ2v) is 6.80. The van der Waals surface area contributed by atoms with Gasteiger partial charge in [-0.15, -0.1) is 0 Å². The molecule has 3 N–H and O–H groups in total. The van der Waals surface area contributed by atoms with E-state index < -0.39 is 11.5 Å². The SMILES string of the molecule is C=C(CCCN1CCCC(O)(C#Cc2ccccc2F)CC1)NC(=O)C=N.